The first-order valence-corrected chi connectivity index (χ1v) is 4.47. The summed E-state index contributed by atoms with van der Waals surface area (Å²) in [6.07, 6.45) is 4.63. The molecular formula is C11H10N2O2. The molecule has 0 spiro atoms. The van der Waals surface area contributed by atoms with E-state index in [0.717, 1.165) is 0 Å². The summed E-state index contributed by atoms with van der Waals surface area (Å²) in [7, 11) is 0. The average Bonchev–Trinajstić information content (AvgIpc) is 2.27. The number of esters is 1. The number of nitrogens with zero attached hydrogens (tertiary/aromatic N) is 2. The molecule has 0 atom stereocenters. The Kier molecular flexibility index (Phi) is 4.05. The number of pyridine rings is 1. The van der Waals surface area contributed by atoms with Crippen molar-refractivity contribution in [1.82, 2.24) is 4.98 Å². The maximum atomic E-state index is 11.2. The minimum Gasteiger partial charge on any atom is -0.462 e. The summed E-state index contributed by atoms with van der Waals surface area (Å²) in [4.78, 5) is 15.1. The van der Waals surface area contributed by atoms with Gasteiger partial charge in [-0.15, -0.1) is 0 Å². The van der Waals surface area contributed by atoms with Crippen molar-refractivity contribution in [2.24, 2.45) is 0 Å². The molecule has 0 radical (unpaired) electrons. The number of carbonyl (C=O) groups excluding carboxylic acids is 1. The number of nitriles is 1. The highest BCUT2D eigenvalue weighted by atomic mass is 16.5. The van der Waals surface area contributed by atoms with Crippen LogP contribution in [0.25, 0.3) is 6.08 Å². The highest BCUT2D eigenvalue weighted by molar-refractivity contribution is 5.97. The maximum Gasteiger partial charge on any atom is 0.348 e. The molecule has 0 aromatic carbocycles. The van der Waals surface area contributed by atoms with Gasteiger partial charge in [-0.05, 0) is 24.6 Å². The number of hydrogen-bond acceptors (Lipinski definition) is 4. The van der Waals surface area contributed by atoms with Crippen molar-refractivity contribution in [2.45, 2.75) is 6.92 Å². The van der Waals surface area contributed by atoms with Gasteiger partial charge < -0.3 is 4.74 Å². The van der Waals surface area contributed by atoms with Crippen molar-refractivity contribution < 1.29 is 9.53 Å². The first kappa shape index (κ1) is 10.9. The fourth-order valence-electron chi connectivity index (χ4n) is 0.974. The van der Waals surface area contributed by atoms with Crippen molar-refractivity contribution >= 4 is 12.0 Å². The first-order valence-electron chi connectivity index (χ1n) is 4.47. The molecular weight excluding hydrogens is 192 g/mol. The minimum atomic E-state index is -0.608. The summed E-state index contributed by atoms with van der Waals surface area (Å²) < 4.78 is 4.72. The van der Waals surface area contributed by atoms with Crippen LogP contribution in [-0.2, 0) is 9.53 Å². The number of rotatable bonds is 3. The van der Waals surface area contributed by atoms with E-state index in [-0.39, 0.29) is 12.2 Å². The molecule has 1 aromatic heterocycles. The van der Waals surface area contributed by atoms with Gasteiger partial charge in [0, 0.05) is 12.4 Å². The van der Waals surface area contributed by atoms with Gasteiger partial charge >= 0.3 is 5.97 Å². The molecule has 0 saturated heterocycles. The van der Waals surface area contributed by atoms with Crippen molar-refractivity contribution in [3.63, 3.8) is 0 Å². The normalized spacial score (nSPS) is 10.5. The Labute approximate surface area is 87.8 Å². The zero-order chi connectivity index (χ0) is 11.1. The summed E-state index contributed by atoms with van der Waals surface area (Å²) >= 11 is 0. The lowest BCUT2D eigenvalue weighted by Crippen LogP contribution is -2.05. The molecule has 0 unspecified atom stereocenters. The predicted molar refractivity (Wildman–Crippen MR) is 54.5 cm³/mol. The highest BCUT2D eigenvalue weighted by Crippen LogP contribution is 2.06. The third kappa shape index (κ3) is 3.24. The molecule has 1 aromatic rings. The van der Waals surface area contributed by atoms with Gasteiger partial charge in [-0.25, -0.2) is 4.79 Å². The van der Waals surface area contributed by atoms with Crippen molar-refractivity contribution in [3.05, 3.63) is 35.7 Å². The van der Waals surface area contributed by atoms with E-state index in [0.29, 0.717) is 5.56 Å². The fraction of sp³-hybridized carbons (Fsp3) is 0.182. The third-order valence-corrected chi connectivity index (χ3v) is 1.61. The lowest BCUT2D eigenvalue weighted by atomic mass is 10.2. The van der Waals surface area contributed by atoms with E-state index in [4.69, 9.17) is 10.00 Å². The van der Waals surface area contributed by atoms with Crippen LogP contribution in [0.2, 0.25) is 0 Å². The predicted octanol–water partition coefficient (Wildman–Crippen LogP) is 1.55. The summed E-state index contributed by atoms with van der Waals surface area (Å²) in [6, 6.07) is 5.28. The molecule has 0 aliphatic carbocycles. The zero-order valence-corrected chi connectivity index (χ0v) is 8.30. The second-order valence-corrected chi connectivity index (χ2v) is 2.68. The monoisotopic (exact) mass is 202 g/mol. The molecule has 0 fully saturated rings. The maximum absolute atomic E-state index is 11.2. The molecule has 1 rings (SSSR count). The van der Waals surface area contributed by atoms with Crippen LogP contribution in [0.5, 0.6) is 0 Å². The number of ether oxygens (including phenoxy) is 1. The van der Waals surface area contributed by atoms with Crippen LogP contribution in [0, 0.1) is 11.3 Å². The number of carbonyl (C=O) groups is 1. The van der Waals surface area contributed by atoms with Gasteiger partial charge in [0.1, 0.15) is 11.6 Å². The van der Waals surface area contributed by atoms with Crippen LogP contribution in [0.3, 0.4) is 0 Å². The number of hydrogen-bond donors (Lipinski definition) is 0. The minimum absolute atomic E-state index is 0.0233. The van der Waals surface area contributed by atoms with E-state index < -0.39 is 5.97 Å². The highest BCUT2D eigenvalue weighted by Gasteiger charge is 2.09. The molecule has 0 N–H and O–H groups in total. The molecule has 76 valence electrons. The molecule has 0 bridgehead atoms. The quantitative estimate of drug-likeness (QED) is 0.424. The zero-order valence-electron chi connectivity index (χ0n) is 8.30. The van der Waals surface area contributed by atoms with Gasteiger partial charge in [-0.2, -0.15) is 5.26 Å². The van der Waals surface area contributed by atoms with E-state index in [2.05, 4.69) is 4.98 Å². The molecule has 0 saturated carbocycles. The standard InChI is InChI=1S/C11H10N2O2/c1-2-15-11(14)10(7-12)6-9-4-3-5-13-8-9/h3-6,8H,2H2,1H3/b10-6-. The lowest BCUT2D eigenvalue weighted by molar-refractivity contribution is -0.137. The smallest absolute Gasteiger partial charge is 0.348 e. The molecule has 0 amide bonds. The largest absolute Gasteiger partial charge is 0.462 e. The summed E-state index contributed by atoms with van der Waals surface area (Å²) in [5, 5.41) is 8.74. The van der Waals surface area contributed by atoms with E-state index >= 15 is 0 Å². The van der Waals surface area contributed by atoms with E-state index in [1.54, 1.807) is 37.5 Å². The Morgan fingerprint density at radius 1 is 1.73 bits per heavy atom. The summed E-state index contributed by atoms with van der Waals surface area (Å²) in [5.41, 5.74) is 0.673. The fourth-order valence-corrected chi connectivity index (χ4v) is 0.974. The van der Waals surface area contributed by atoms with Crippen LogP contribution in [0.15, 0.2) is 30.1 Å². The van der Waals surface area contributed by atoms with Gasteiger partial charge in [0.25, 0.3) is 0 Å². The van der Waals surface area contributed by atoms with Gasteiger partial charge in [0.15, 0.2) is 0 Å². The average molecular weight is 202 g/mol. The van der Waals surface area contributed by atoms with Crippen molar-refractivity contribution in [2.75, 3.05) is 6.61 Å². The first-order chi connectivity index (χ1) is 7.27. The van der Waals surface area contributed by atoms with E-state index in [9.17, 15) is 4.79 Å². The second-order valence-electron chi connectivity index (χ2n) is 2.68. The molecule has 1 heterocycles. The SMILES string of the molecule is CCOC(=O)/C(C#N)=C\c1cccnc1. The van der Waals surface area contributed by atoms with Gasteiger partial charge in [-0.1, -0.05) is 6.07 Å². The molecule has 4 heteroatoms. The van der Waals surface area contributed by atoms with Crippen molar-refractivity contribution in [3.8, 4) is 6.07 Å². The molecule has 0 aliphatic rings. The lowest BCUT2D eigenvalue weighted by Gasteiger charge is -1.98. The Balaban J connectivity index is 2.89. The topological polar surface area (TPSA) is 63.0 Å². The van der Waals surface area contributed by atoms with Crippen molar-refractivity contribution in [1.29, 1.82) is 5.26 Å². The van der Waals surface area contributed by atoms with Gasteiger partial charge in [0.05, 0.1) is 6.61 Å². The Morgan fingerprint density at radius 3 is 3.07 bits per heavy atom. The van der Waals surface area contributed by atoms with Crippen LogP contribution in [0.4, 0.5) is 0 Å². The third-order valence-electron chi connectivity index (χ3n) is 1.61. The second kappa shape index (κ2) is 5.55. The van der Waals surface area contributed by atoms with E-state index in [1.807, 2.05) is 0 Å². The van der Waals surface area contributed by atoms with Crippen LogP contribution < -0.4 is 0 Å². The van der Waals surface area contributed by atoms with Crippen LogP contribution >= 0.6 is 0 Å². The Morgan fingerprint density at radius 2 is 2.53 bits per heavy atom. The number of aromatic nitrogens is 1. The summed E-state index contributed by atoms with van der Waals surface area (Å²) in [6.45, 7) is 1.95. The summed E-state index contributed by atoms with van der Waals surface area (Å²) in [5.74, 6) is -0.608. The molecule has 0 aliphatic heterocycles. The van der Waals surface area contributed by atoms with Gasteiger partial charge in [-0.3, -0.25) is 4.98 Å². The Hall–Kier alpha value is -2.15. The van der Waals surface area contributed by atoms with Gasteiger partial charge in [0.2, 0.25) is 0 Å². The van der Waals surface area contributed by atoms with E-state index in [1.165, 1.54) is 6.08 Å². The molecule has 4 nitrogen and oxygen atoms in total. The Bertz CT molecular complexity index is 404. The van der Waals surface area contributed by atoms with Crippen LogP contribution in [-0.4, -0.2) is 17.6 Å². The molecule has 15 heavy (non-hydrogen) atoms. The van der Waals surface area contributed by atoms with Crippen LogP contribution in [0.1, 0.15) is 12.5 Å².